The van der Waals surface area contributed by atoms with Crippen molar-refractivity contribution >= 4 is 61.2 Å². The quantitative estimate of drug-likeness (QED) is 0.174. The van der Waals surface area contributed by atoms with Crippen LogP contribution in [-0.4, -0.2) is 12.3 Å². The monoisotopic (exact) mass is 709 g/mol. The van der Waals surface area contributed by atoms with Crippen molar-refractivity contribution in [2.75, 3.05) is 15.1 Å². The van der Waals surface area contributed by atoms with Gasteiger partial charge < -0.3 is 19.9 Å². The van der Waals surface area contributed by atoms with E-state index in [-0.39, 0.29) is 12.3 Å². The third-order valence-electron chi connectivity index (χ3n) is 11.7. The third-order valence-corrected chi connectivity index (χ3v) is 11.7. The summed E-state index contributed by atoms with van der Waals surface area (Å²) in [5.74, 6) is 1.21. The first kappa shape index (κ1) is 31.7. The van der Waals surface area contributed by atoms with E-state index in [1.54, 1.807) is 0 Å². The van der Waals surface area contributed by atoms with Gasteiger partial charge in [0.15, 0.2) is 12.0 Å². The molecule has 4 aliphatic rings. The molecule has 11 rings (SSSR count). The van der Waals surface area contributed by atoms with Crippen LogP contribution in [0.1, 0.15) is 29.9 Å². The predicted molar refractivity (Wildman–Crippen MR) is 229 cm³/mol. The van der Waals surface area contributed by atoms with Gasteiger partial charge in [-0.2, -0.15) is 0 Å². The van der Waals surface area contributed by atoms with Crippen molar-refractivity contribution < 1.29 is 4.74 Å². The lowest BCUT2D eigenvalue weighted by Gasteiger charge is -2.30. The van der Waals surface area contributed by atoms with E-state index >= 15 is 0 Å². The molecule has 0 amide bonds. The SMILES string of the molecule is C1=CC2c3ccc(N(c4ccccc4)c4ccc5ccc6ccc7c(c6c5c4)OC(C4=C(c5ccccc5)CCC=C4)N7)cc3N(c3ccccc3)C2C=C1. The number of nitrogens with one attached hydrogen (secondary N) is 1. The maximum absolute atomic E-state index is 6.99. The molecule has 7 aromatic carbocycles. The van der Waals surface area contributed by atoms with Gasteiger partial charge in [0.2, 0.25) is 0 Å². The molecule has 264 valence electrons. The molecule has 2 aliphatic carbocycles. The number of para-hydroxylation sites is 2. The van der Waals surface area contributed by atoms with Crippen molar-refractivity contribution in [1.82, 2.24) is 0 Å². The fraction of sp³-hybridized carbons (Fsp3) is 0.0980. The van der Waals surface area contributed by atoms with Crippen LogP contribution in [-0.2, 0) is 0 Å². The molecule has 3 atom stereocenters. The predicted octanol–water partition coefficient (Wildman–Crippen LogP) is 13.1. The summed E-state index contributed by atoms with van der Waals surface area (Å²) in [6.07, 6.45) is 15.3. The van der Waals surface area contributed by atoms with Gasteiger partial charge in [0.05, 0.1) is 11.7 Å². The highest BCUT2D eigenvalue weighted by atomic mass is 16.5. The standard InChI is InChI=1S/C51H39N3O/c1-4-14-34(15-5-1)41-20-10-11-22-44(41)51-52-46-31-27-36-25-24-35-26-28-39(32-45(35)49(36)50(46)55-51)53(37-16-6-2-7-17-37)40-29-30-43-42-21-12-13-23-47(42)54(48(43)33-40)38-18-8-3-9-19-38/h1-9,11-19,21-33,42,47,51-52H,10,20H2. The Morgan fingerprint density at radius 2 is 1.36 bits per heavy atom. The molecule has 2 heterocycles. The van der Waals surface area contributed by atoms with E-state index in [4.69, 9.17) is 4.74 Å². The van der Waals surface area contributed by atoms with Gasteiger partial charge in [0, 0.05) is 45.3 Å². The number of fused-ring (bicyclic) bond motifs is 8. The maximum atomic E-state index is 6.99. The van der Waals surface area contributed by atoms with Crippen molar-refractivity contribution in [3.8, 4) is 5.75 Å². The van der Waals surface area contributed by atoms with E-state index in [2.05, 4.69) is 203 Å². The summed E-state index contributed by atoms with van der Waals surface area (Å²) in [6, 6.07) is 55.2. The minimum atomic E-state index is -0.265. The zero-order valence-corrected chi connectivity index (χ0v) is 30.3. The lowest BCUT2D eigenvalue weighted by Crippen LogP contribution is -2.28. The molecule has 4 nitrogen and oxygen atoms in total. The van der Waals surface area contributed by atoms with Crippen molar-refractivity contribution in [1.29, 1.82) is 0 Å². The van der Waals surface area contributed by atoms with E-state index in [0.717, 1.165) is 52.1 Å². The normalized spacial score (nSPS) is 19.3. The second kappa shape index (κ2) is 13.0. The molecule has 0 bridgehead atoms. The number of ether oxygens (including phenoxy) is 1. The Bertz CT molecular complexity index is 2730. The Hall–Kier alpha value is -6.78. The molecule has 0 radical (unpaired) electrons. The van der Waals surface area contributed by atoms with Crippen LogP contribution in [0.2, 0.25) is 0 Å². The zero-order chi connectivity index (χ0) is 36.3. The molecular weight excluding hydrogens is 671 g/mol. The summed E-state index contributed by atoms with van der Waals surface area (Å²) >= 11 is 0. The summed E-state index contributed by atoms with van der Waals surface area (Å²) in [5, 5.41) is 8.40. The highest BCUT2D eigenvalue weighted by Gasteiger charge is 2.38. The zero-order valence-electron chi connectivity index (χ0n) is 30.3. The van der Waals surface area contributed by atoms with Crippen LogP contribution in [0.15, 0.2) is 194 Å². The summed E-state index contributed by atoms with van der Waals surface area (Å²) < 4.78 is 6.99. The summed E-state index contributed by atoms with van der Waals surface area (Å²) in [4.78, 5) is 4.90. The first-order valence-electron chi connectivity index (χ1n) is 19.3. The summed E-state index contributed by atoms with van der Waals surface area (Å²) in [7, 11) is 0. The van der Waals surface area contributed by atoms with E-state index in [1.165, 1.54) is 44.4 Å². The van der Waals surface area contributed by atoms with Crippen molar-refractivity contribution in [2.45, 2.75) is 31.0 Å². The lowest BCUT2D eigenvalue weighted by molar-refractivity contribution is 0.297. The Morgan fingerprint density at radius 1 is 0.655 bits per heavy atom. The number of hydrogen-bond acceptors (Lipinski definition) is 4. The van der Waals surface area contributed by atoms with Crippen LogP contribution < -0.4 is 19.9 Å². The van der Waals surface area contributed by atoms with Gasteiger partial charge in [0.1, 0.15) is 0 Å². The molecule has 0 spiro atoms. The number of allylic oxidation sites excluding steroid dienone is 4. The highest BCUT2D eigenvalue weighted by Crippen LogP contribution is 2.51. The summed E-state index contributed by atoms with van der Waals surface area (Å²) in [6.45, 7) is 0. The first-order valence-corrected chi connectivity index (χ1v) is 19.3. The Balaban J connectivity index is 1.05. The molecule has 4 heteroatoms. The van der Waals surface area contributed by atoms with Crippen LogP contribution in [0.3, 0.4) is 0 Å². The average molecular weight is 710 g/mol. The lowest BCUT2D eigenvalue weighted by atomic mass is 9.91. The molecule has 55 heavy (non-hydrogen) atoms. The second-order valence-corrected chi connectivity index (χ2v) is 14.8. The van der Waals surface area contributed by atoms with Crippen molar-refractivity contribution in [3.05, 3.63) is 205 Å². The van der Waals surface area contributed by atoms with Crippen molar-refractivity contribution in [2.24, 2.45) is 0 Å². The average Bonchev–Trinajstić information content (AvgIpc) is 3.84. The minimum absolute atomic E-state index is 0.234. The van der Waals surface area contributed by atoms with E-state index in [1.807, 2.05) is 0 Å². The molecule has 7 aromatic rings. The van der Waals surface area contributed by atoms with E-state index in [0.29, 0.717) is 5.92 Å². The van der Waals surface area contributed by atoms with Gasteiger partial charge in [0.25, 0.3) is 0 Å². The smallest absolute Gasteiger partial charge is 0.196 e. The third kappa shape index (κ3) is 5.28. The maximum Gasteiger partial charge on any atom is 0.196 e. The molecule has 0 saturated carbocycles. The molecule has 2 aliphatic heterocycles. The molecule has 0 aromatic heterocycles. The molecule has 0 saturated heterocycles. The number of nitrogens with zero attached hydrogens (tertiary/aromatic N) is 2. The Morgan fingerprint density at radius 3 is 2.22 bits per heavy atom. The number of anilines is 6. The number of benzene rings is 7. The van der Waals surface area contributed by atoms with Crippen LogP contribution in [0.5, 0.6) is 5.75 Å². The van der Waals surface area contributed by atoms with Gasteiger partial charge in [-0.15, -0.1) is 0 Å². The molecule has 3 unspecified atom stereocenters. The van der Waals surface area contributed by atoms with Gasteiger partial charge >= 0.3 is 0 Å². The van der Waals surface area contributed by atoms with Crippen LogP contribution in [0.25, 0.3) is 27.1 Å². The van der Waals surface area contributed by atoms with E-state index < -0.39 is 0 Å². The van der Waals surface area contributed by atoms with E-state index in [9.17, 15) is 0 Å². The van der Waals surface area contributed by atoms with Crippen LogP contribution >= 0.6 is 0 Å². The van der Waals surface area contributed by atoms with Gasteiger partial charge in [-0.25, -0.2) is 0 Å². The Kier molecular flexibility index (Phi) is 7.48. The fourth-order valence-electron chi connectivity index (χ4n) is 9.16. The number of rotatable bonds is 6. The van der Waals surface area contributed by atoms with Crippen molar-refractivity contribution in [3.63, 3.8) is 0 Å². The largest absolute Gasteiger partial charge is 0.464 e. The molecule has 0 fully saturated rings. The van der Waals surface area contributed by atoms with Gasteiger partial charge in [-0.3, -0.25) is 0 Å². The van der Waals surface area contributed by atoms with Crippen LogP contribution in [0, 0.1) is 0 Å². The summed E-state index contributed by atoms with van der Waals surface area (Å²) in [5.41, 5.74) is 11.9. The highest BCUT2D eigenvalue weighted by molar-refractivity contribution is 6.14. The topological polar surface area (TPSA) is 27.7 Å². The first-order chi connectivity index (χ1) is 27.3. The Labute approximate surface area is 321 Å². The number of hydrogen-bond donors (Lipinski definition) is 1. The second-order valence-electron chi connectivity index (χ2n) is 14.8. The fourth-order valence-corrected chi connectivity index (χ4v) is 9.16. The molecular formula is C51H39N3O. The minimum Gasteiger partial charge on any atom is -0.464 e. The molecule has 1 N–H and O–H groups in total. The van der Waals surface area contributed by atoms with Crippen LogP contribution in [0.4, 0.5) is 34.1 Å². The van der Waals surface area contributed by atoms with Gasteiger partial charge in [-0.05, 0) is 100 Å². The van der Waals surface area contributed by atoms with Gasteiger partial charge in [-0.1, -0.05) is 134 Å².